The van der Waals surface area contributed by atoms with Crippen molar-refractivity contribution in [1.82, 2.24) is 9.97 Å². The van der Waals surface area contributed by atoms with E-state index in [0.29, 0.717) is 12.4 Å². The van der Waals surface area contributed by atoms with Crippen molar-refractivity contribution in [2.24, 2.45) is 5.73 Å². The highest BCUT2D eigenvalue weighted by atomic mass is 16.5. The lowest BCUT2D eigenvalue weighted by molar-refractivity contribution is 0.399. The van der Waals surface area contributed by atoms with Crippen LogP contribution in [-0.4, -0.2) is 23.6 Å². The molecule has 0 atom stereocenters. The third-order valence-electron chi connectivity index (χ3n) is 2.20. The number of fused-ring (bicyclic) bond motifs is 1. The fourth-order valence-electron chi connectivity index (χ4n) is 1.50. The molecule has 0 bridgehead atoms. The second-order valence-corrected chi connectivity index (χ2v) is 3.10. The Morgan fingerprint density at radius 2 is 2.36 bits per heavy atom. The molecular weight excluding hydrogens is 178 g/mol. The van der Waals surface area contributed by atoms with Gasteiger partial charge < -0.3 is 15.5 Å². The van der Waals surface area contributed by atoms with Gasteiger partial charge in [-0.05, 0) is 24.6 Å². The largest absolute Gasteiger partial charge is 0.481 e. The number of hydrogen-bond donors (Lipinski definition) is 2. The van der Waals surface area contributed by atoms with Gasteiger partial charge in [0.1, 0.15) is 0 Å². The Balaban J connectivity index is 2.52. The molecule has 0 fully saturated rings. The smallest absolute Gasteiger partial charge is 0.213 e. The molecule has 2 heterocycles. The molecular formula is C10H13N3O. The third kappa shape index (κ3) is 1.44. The van der Waals surface area contributed by atoms with Crippen molar-refractivity contribution in [3.63, 3.8) is 0 Å². The summed E-state index contributed by atoms with van der Waals surface area (Å²) < 4.78 is 5.07. The minimum Gasteiger partial charge on any atom is -0.481 e. The van der Waals surface area contributed by atoms with E-state index in [0.717, 1.165) is 23.0 Å². The molecule has 0 saturated heterocycles. The molecule has 0 aliphatic heterocycles. The number of nitrogens with two attached hydrogens (primary N) is 1. The molecule has 2 aromatic rings. The standard InChI is InChI=1S/C10H13N3O/c1-14-9-3-2-8-10(13-9)7(4-5-11)6-12-8/h2-3,6,12H,4-5,11H2,1H3. The van der Waals surface area contributed by atoms with Gasteiger partial charge in [0.15, 0.2) is 0 Å². The maximum absolute atomic E-state index is 5.51. The second kappa shape index (κ2) is 3.67. The van der Waals surface area contributed by atoms with Crippen LogP contribution in [0.5, 0.6) is 5.88 Å². The fraction of sp³-hybridized carbons (Fsp3) is 0.300. The van der Waals surface area contributed by atoms with Gasteiger partial charge in [-0.1, -0.05) is 0 Å². The van der Waals surface area contributed by atoms with Crippen LogP contribution in [0.15, 0.2) is 18.3 Å². The van der Waals surface area contributed by atoms with Crippen LogP contribution in [0.3, 0.4) is 0 Å². The van der Waals surface area contributed by atoms with Crippen LogP contribution in [0.4, 0.5) is 0 Å². The van der Waals surface area contributed by atoms with Crippen molar-refractivity contribution >= 4 is 11.0 Å². The van der Waals surface area contributed by atoms with Gasteiger partial charge in [0.2, 0.25) is 5.88 Å². The van der Waals surface area contributed by atoms with Crippen LogP contribution in [0.25, 0.3) is 11.0 Å². The lowest BCUT2D eigenvalue weighted by Crippen LogP contribution is -2.02. The highest BCUT2D eigenvalue weighted by Gasteiger charge is 2.05. The normalized spacial score (nSPS) is 10.7. The first-order chi connectivity index (χ1) is 6.85. The molecule has 0 aliphatic rings. The van der Waals surface area contributed by atoms with Crippen LogP contribution < -0.4 is 10.5 Å². The van der Waals surface area contributed by atoms with E-state index in [1.165, 1.54) is 0 Å². The number of aromatic amines is 1. The highest BCUT2D eigenvalue weighted by molar-refractivity contribution is 5.79. The molecule has 0 unspecified atom stereocenters. The van der Waals surface area contributed by atoms with Crippen molar-refractivity contribution in [2.45, 2.75) is 6.42 Å². The maximum atomic E-state index is 5.51. The number of nitrogens with zero attached hydrogens (tertiary/aromatic N) is 1. The first-order valence-electron chi connectivity index (χ1n) is 4.56. The SMILES string of the molecule is COc1ccc2[nH]cc(CCN)c2n1. The number of hydrogen-bond acceptors (Lipinski definition) is 3. The minimum atomic E-state index is 0.631. The molecule has 0 aromatic carbocycles. The average molecular weight is 191 g/mol. The molecule has 0 amide bonds. The summed E-state index contributed by atoms with van der Waals surface area (Å²) in [6.45, 7) is 0.631. The van der Waals surface area contributed by atoms with Crippen LogP contribution >= 0.6 is 0 Å². The molecule has 4 nitrogen and oxygen atoms in total. The summed E-state index contributed by atoms with van der Waals surface area (Å²) >= 11 is 0. The molecule has 0 aliphatic carbocycles. The minimum absolute atomic E-state index is 0.631. The summed E-state index contributed by atoms with van der Waals surface area (Å²) in [6.07, 6.45) is 2.78. The lowest BCUT2D eigenvalue weighted by atomic mass is 10.2. The van der Waals surface area contributed by atoms with Gasteiger partial charge in [-0.2, -0.15) is 0 Å². The number of H-pyrrole nitrogens is 1. The Hall–Kier alpha value is -1.55. The predicted octanol–water partition coefficient (Wildman–Crippen LogP) is 1.07. The topological polar surface area (TPSA) is 63.9 Å². The van der Waals surface area contributed by atoms with Gasteiger partial charge in [-0.15, -0.1) is 0 Å². The number of methoxy groups -OCH3 is 1. The van der Waals surface area contributed by atoms with E-state index in [1.54, 1.807) is 7.11 Å². The van der Waals surface area contributed by atoms with Gasteiger partial charge >= 0.3 is 0 Å². The third-order valence-corrected chi connectivity index (χ3v) is 2.20. The van der Waals surface area contributed by atoms with E-state index >= 15 is 0 Å². The zero-order valence-electron chi connectivity index (χ0n) is 8.08. The van der Waals surface area contributed by atoms with Crippen molar-refractivity contribution < 1.29 is 4.74 Å². The van der Waals surface area contributed by atoms with Crippen LogP contribution in [0.2, 0.25) is 0 Å². The van der Waals surface area contributed by atoms with Crippen molar-refractivity contribution in [3.8, 4) is 5.88 Å². The Labute approximate surface area is 82.1 Å². The monoisotopic (exact) mass is 191 g/mol. The van der Waals surface area contributed by atoms with Gasteiger partial charge in [-0.25, -0.2) is 4.98 Å². The van der Waals surface area contributed by atoms with Crippen molar-refractivity contribution in [3.05, 3.63) is 23.9 Å². The Morgan fingerprint density at radius 1 is 1.50 bits per heavy atom. The first-order valence-corrected chi connectivity index (χ1v) is 4.56. The van der Waals surface area contributed by atoms with Crippen LogP contribution in [0, 0.1) is 0 Å². The molecule has 0 radical (unpaired) electrons. The number of nitrogens with one attached hydrogen (secondary N) is 1. The zero-order chi connectivity index (χ0) is 9.97. The lowest BCUT2D eigenvalue weighted by Gasteiger charge is -1.99. The number of rotatable bonds is 3. The molecule has 4 heteroatoms. The molecule has 0 saturated carbocycles. The summed E-state index contributed by atoms with van der Waals surface area (Å²) in [5, 5.41) is 0. The van der Waals surface area contributed by atoms with Crippen molar-refractivity contribution in [2.75, 3.05) is 13.7 Å². The van der Waals surface area contributed by atoms with Gasteiger partial charge in [0.05, 0.1) is 18.1 Å². The Bertz CT molecular complexity index is 436. The van der Waals surface area contributed by atoms with E-state index in [-0.39, 0.29) is 0 Å². The highest BCUT2D eigenvalue weighted by Crippen LogP contribution is 2.19. The van der Waals surface area contributed by atoms with Gasteiger partial charge in [-0.3, -0.25) is 0 Å². The number of ether oxygens (including phenoxy) is 1. The maximum Gasteiger partial charge on any atom is 0.213 e. The van der Waals surface area contributed by atoms with Gasteiger partial charge in [0, 0.05) is 12.3 Å². The molecule has 74 valence electrons. The second-order valence-electron chi connectivity index (χ2n) is 3.10. The zero-order valence-corrected chi connectivity index (χ0v) is 8.08. The Kier molecular flexibility index (Phi) is 2.37. The summed E-state index contributed by atoms with van der Waals surface area (Å²) in [4.78, 5) is 7.51. The number of pyridine rings is 1. The average Bonchev–Trinajstić information content (AvgIpc) is 2.61. The first kappa shape index (κ1) is 9.02. The summed E-state index contributed by atoms with van der Waals surface area (Å²) in [6, 6.07) is 3.80. The van der Waals surface area contributed by atoms with E-state index in [1.807, 2.05) is 18.3 Å². The molecule has 0 spiro atoms. The molecule has 2 rings (SSSR count). The Morgan fingerprint density at radius 3 is 3.07 bits per heavy atom. The quantitative estimate of drug-likeness (QED) is 0.762. The molecule has 3 N–H and O–H groups in total. The van der Waals surface area contributed by atoms with E-state index in [9.17, 15) is 0 Å². The van der Waals surface area contributed by atoms with Crippen LogP contribution in [0.1, 0.15) is 5.56 Å². The van der Waals surface area contributed by atoms with E-state index in [4.69, 9.17) is 10.5 Å². The summed E-state index contributed by atoms with van der Waals surface area (Å²) in [5.41, 5.74) is 8.62. The van der Waals surface area contributed by atoms with Crippen LogP contribution in [-0.2, 0) is 6.42 Å². The molecule has 14 heavy (non-hydrogen) atoms. The van der Waals surface area contributed by atoms with E-state index in [2.05, 4.69) is 9.97 Å². The van der Waals surface area contributed by atoms with Gasteiger partial charge in [0.25, 0.3) is 0 Å². The van der Waals surface area contributed by atoms with Crippen molar-refractivity contribution in [1.29, 1.82) is 0 Å². The predicted molar refractivity (Wildman–Crippen MR) is 55.4 cm³/mol. The summed E-state index contributed by atoms with van der Waals surface area (Å²) in [5.74, 6) is 0.635. The molecule has 2 aromatic heterocycles. The fourth-order valence-corrected chi connectivity index (χ4v) is 1.50. The number of aromatic nitrogens is 2. The summed E-state index contributed by atoms with van der Waals surface area (Å²) in [7, 11) is 1.61. The van der Waals surface area contributed by atoms with E-state index < -0.39 is 0 Å².